The van der Waals surface area contributed by atoms with Crippen molar-refractivity contribution in [1.29, 1.82) is 0 Å². The van der Waals surface area contributed by atoms with E-state index in [2.05, 4.69) is 20.8 Å². The van der Waals surface area contributed by atoms with Crippen molar-refractivity contribution < 1.29 is 14.7 Å². The molecule has 1 heterocycles. The second kappa shape index (κ2) is 9.38. The average Bonchev–Trinajstić information content (AvgIpc) is 3.00. The molecule has 0 saturated heterocycles. The maximum absolute atomic E-state index is 12.0. The first-order valence-corrected chi connectivity index (χ1v) is 9.53. The van der Waals surface area contributed by atoms with Crippen LogP contribution in [0.15, 0.2) is 28.6 Å². The SMILES string of the molecule is CCCC[C@H](Sc1nnc(NC(=O)Nc2ccc(C)cc2)s1)C(=O)[O-]. The number of benzene rings is 1. The maximum Gasteiger partial charge on any atom is 0.325 e. The molecule has 0 spiro atoms. The molecule has 0 unspecified atom stereocenters. The minimum atomic E-state index is -1.11. The Hall–Kier alpha value is -2.13. The van der Waals surface area contributed by atoms with Gasteiger partial charge in [-0.1, -0.05) is 60.6 Å². The fourth-order valence-corrected chi connectivity index (χ4v) is 3.90. The molecule has 1 atom stereocenters. The molecule has 0 fully saturated rings. The second-order valence-electron chi connectivity index (χ2n) is 5.39. The number of hydrogen-bond donors (Lipinski definition) is 2. The Morgan fingerprint density at radius 3 is 2.60 bits per heavy atom. The summed E-state index contributed by atoms with van der Waals surface area (Å²) >= 11 is 2.23. The number of amides is 2. The first-order chi connectivity index (χ1) is 12.0. The number of hydrogen-bond acceptors (Lipinski definition) is 7. The molecule has 0 saturated carbocycles. The van der Waals surface area contributed by atoms with E-state index in [4.69, 9.17) is 0 Å². The summed E-state index contributed by atoms with van der Waals surface area (Å²) in [4.78, 5) is 23.1. The van der Waals surface area contributed by atoms with E-state index in [1.807, 2.05) is 26.0 Å². The Balaban J connectivity index is 1.90. The van der Waals surface area contributed by atoms with E-state index in [9.17, 15) is 14.7 Å². The molecule has 134 valence electrons. The summed E-state index contributed by atoms with van der Waals surface area (Å²) in [5.41, 5.74) is 1.76. The van der Waals surface area contributed by atoms with Crippen LogP contribution in [-0.2, 0) is 4.79 Å². The third kappa shape index (κ3) is 6.35. The first kappa shape index (κ1) is 19.2. The fourth-order valence-electron chi connectivity index (χ4n) is 1.94. The van der Waals surface area contributed by atoms with Gasteiger partial charge in [-0.05, 0) is 25.5 Å². The molecule has 25 heavy (non-hydrogen) atoms. The van der Waals surface area contributed by atoms with Crippen LogP contribution in [0, 0.1) is 6.92 Å². The molecule has 9 heteroatoms. The molecule has 2 N–H and O–H groups in total. The van der Waals surface area contributed by atoms with E-state index in [1.165, 1.54) is 0 Å². The highest BCUT2D eigenvalue weighted by Crippen LogP contribution is 2.31. The fraction of sp³-hybridized carbons (Fsp3) is 0.375. The van der Waals surface area contributed by atoms with Crippen molar-refractivity contribution in [3.05, 3.63) is 29.8 Å². The van der Waals surface area contributed by atoms with E-state index in [1.54, 1.807) is 12.1 Å². The van der Waals surface area contributed by atoms with Gasteiger partial charge in [0.05, 0.1) is 11.2 Å². The Kier molecular flexibility index (Phi) is 7.20. The molecular formula is C16H19N4O3S2-. The highest BCUT2D eigenvalue weighted by molar-refractivity contribution is 8.02. The maximum atomic E-state index is 12.0. The predicted molar refractivity (Wildman–Crippen MR) is 97.9 cm³/mol. The Labute approximate surface area is 154 Å². The summed E-state index contributed by atoms with van der Waals surface area (Å²) in [5.74, 6) is -1.11. The van der Waals surface area contributed by atoms with Gasteiger partial charge in [-0.25, -0.2) is 4.79 Å². The molecule has 2 rings (SSSR count). The van der Waals surface area contributed by atoms with Gasteiger partial charge >= 0.3 is 6.03 Å². The number of thioether (sulfide) groups is 1. The summed E-state index contributed by atoms with van der Waals surface area (Å²) in [6.07, 6.45) is 2.22. The van der Waals surface area contributed by atoms with Gasteiger partial charge in [-0.15, -0.1) is 10.2 Å². The standard InChI is InChI=1S/C16H20N4O3S2/c1-3-4-5-12(13(21)22)24-16-20-19-15(25-16)18-14(23)17-11-8-6-10(2)7-9-11/h6-9,12H,3-5H2,1-2H3,(H,21,22)(H2,17,18,19,23)/p-1/t12-/m0/s1. The molecule has 0 radical (unpaired) electrons. The van der Waals surface area contributed by atoms with Gasteiger partial charge in [0.2, 0.25) is 5.13 Å². The van der Waals surface area contributed by atoms with Crippen molar-refractivity contribution in [3.63, 3.8) is 0 Å². The van der Waals surface area contributed by atoms with Crippen molar-refractivity contribution in [2.75, 3.05) is 10.6 Å². The largest absolute Gasteiger partial charge is 0.549 e. The monoisotopic (exact) mass is 379 g/mol. The highest BCUT2D eigenvalue weighted by Gasteiger charge is 2.16. The topological polar surface area (TPSA) is 107 Å². The first-order valence-electron chi connectivity index (χ1n) is 7.83. The molecule has 1 aromatic carbocycles. The van der Waals surface area contributed by atoms with Crippen molar-refractivity contribution in [2.24, 2.45) is 0 Å². The van der Waals surface area contributed by atoms with Gasteiger partial charge in [-0.3, -0.25) is 5.32 Å². The van der Waals surface area contributed by atoms with Crippen LogP contribution in [0.2, 0.25) is 0 Å². The predicted octanol–water partition coefficient (Wildman–Crippen LogP) is 2.89. The lowest BCUT2D eigenvalue weighted by Crippen LogP contribution is -2.33. The minimum absolute atomic E-state index is 0.305. The zero-order valence-electron chi connectivity index (χ0n) is 13.9. The molecule has 7 nitrogen and oxygen atoms in total. The van der Waals surface area contributed by atoms with Crippen LogP contribution in [0.1, 0.15) is 31.7 Å². The van der Waals surface area contributed by atoms with Crippen molar-refractivity contribution in [1.82, 2.24) is 10.2 Å². The van der Waals surface area contributed by atoms with Gasteiger partial charge < -0.3 is 15.2 Å². The summed E-state index contributed by atoms with van der Waals surface area (Å²) in [6, 6.07) is 6.96. The van der Waals surface area contributed by atoms with Crippen LogP contribution in [0.25, 0.3) is 0 Å². The van der Waals surface area contributed by atoms with E-state index < -0.39 is 17.3 Å². The Morgan fingerprint density at radius 2 is 1.96 bits per heavy atom. The molecular weight excluding hydrogens is 360 g/mol. The summed E-state index contributed by atoms with van der Waals surface area (Å²) in [6.45, 7) is 3.96. The summed E-state index contributed by atoms with van der Waals surface area (Å²) in [5, 5.41) is 23.9. The van der Waals surface area contributed by atoms with E-state index in [0.29, 0.717) is 21.6 Å². The molecule has 2 aromatic rings. The smallest absolute Gasteiger partial charge is 0.325 e. The van der Waals surface area contributed by atoms with Crippen molar-refractivity contribution >= 4 is 45.9 Å². The van der Waals surface area contributed by atoms with Crippen LogP contribution in [0.3, 0.4) is 0 Å². The van der Waals surface area contributed by atoms with E-state index in [0.717, 1.165) is 41.5 Å². The zero-order valence-corrected chi connectivity index (χ0v) is 15.6. The Morgan fingerprint density at radius 1 is 1.24 bits per heavy atom. The lowest BCUT2D eigenvalue weighted by molar-refractivity contribution is -0.304. The number of carboxylic acids is 1. The third-order valence-corrected chi connectivity index (χ3v) is 5.43. The normalized spacial score (nSPS) is 11.8. The average molecular weight is 379 g/mol. The summed E-state index contributed by atoms with van der Waals surface area (Å²) < 4.78 is 0.482. The lowest BCUT2D eigenvalue weighted by Gasteiger charge is -2.14. The van der Waals surface area contributed by atoms with Gasteiger partial charge in [0.15, 0.2) is 4.34 Å². The van der Waals surface area contributed by atoms with Gasteiger partial charge in [0.25, 0.3) is 0 Å². The molecule has 0 aliphatic heterocycles. The van der Waals surface area contributed by atoms with Crippen LogP contribution in [-0.4, -0.2) is 27.4 Å². The van der Waals surface area contributed by atoms with Gasteiger partial charge in [-0.2, -0.15) is 0 Å². The van der Waals surface area contributed by atoms with Crippen LogP contribution in [0.5, 0.6) is 0 Å². The molecule has 0 bridgehead atoms. The number of aromatic nitrogens is 2. The van der Waals surface area contributed by atoms with Crippen LogP contribution >= 0.6 is 23.1 Å². The van der Waals surface area contributed by atoms with E-state index in [-0.39, 0.29) is 0 Å². The molecule has 2 amide bonds. The van der Waals surface area contributed by atoms with E-state index >= 15 is 0 Å². The number of urea groups is 1. The molecule has 0 aliphatic carbocycles. The number of unbranched alkanes of at least 4 members (excludes halogenated alkanes) is 1. The van der Waals surface area contributed by atoms with Crippen molar-refractivity contribution in [3.8, 4) is 0 Å². The number of nitrogens with zero attached hydrogens (tertiary/aromatic N) is 2. The number of rotatable bonds is 8. The number of aliphatic carboxylic acids is 1. The van der Waals surface area contributed by atoms with Crippen LogP contribution < -0.4 is 15.7 Å². The highest BCUT2D eigenvalue weighted by atomic mass is 32.2. The number of carboxylic acid groups (broad SMARTS) is 1. The third-order valence-electron chi connectivity index (χ3n) is 3.26. The zero-order chi connectivity index (χ0) is 18.2. The van der Waals surface area contributed by atoms with Crippen molar-refractivity contribution in [2.45, 2.75) is 42.7 Å². The molecule has 1 aromatic heterocycles. The second-order valence-corrected chi connectivity index (χ2v) is 7.81. The van der Waals surface area contributed by atoms with Gasteiger partial charge in [0.1, 0.15) is 0 Å². The number of aryl methyl sites for hydroxylation is 1. The summed E-state index contributed by atoms with van der Waals surface area (Å²) in [7, 11) is 0. The number of nitrogens with one attached hydrogen (secondary N) is 2. The number of carbonyl (C=O) groups excluding carboxylic acids is 2. The number of carbonyl (C=O) groups is 2. The Bertz CT molecular complexity index is 718. The quantitative estimate of drug-likeness (QED) is 0.539. The lowest BCUT2D eigenvalue weighted by atomic mass is 10.2. The number of anilines is 2. The van der Waals surface area contributed by atoms with Gasteiger partial charge in [0, 0.05) is 5.69 Å². The van der Waals surface area contributed by atoms with Crippen LogP contribution in [0.4, 0.5) is 15.6 Å². The molecule has 0 aliphatic rings. The minimum Gasteiger partial charge on any atom is -0.549 e.